The van der Waals surface area contributed by atoms with E-state index in [-0.39, 0.29) is 5.78 Å². The van der Waals surface area contributed by atoms with Gasteiger partial charge in [0.05, 0.1) is 18.7 Å². The quantitative estimate of drug-likeness (QED) is 0.676. The second-order valence-corrected chi connectivity index (χ2v) is 3.52. The van der Waals surface area contributed by atoms with E-state index in [1.165, 1.54) is 0 Å². The van der Waals surface area contributed by atoms with Crippen LogP contribution in [0.4, 0.5) is 0 Å². The van der Waals surface area contributed by atoms with Crippen molar-refractivity contribution >= 4 is 5.78 Å². The number of ketones is 1. The molecule has 78 valence electrons. The number of imidazole rings is 1. The molecule has 0 saturated carbocycles. The summed E-state index contributed by atoms with van der Waals surface area (Å²) in [4.78, 5) is 16.0. The second kappa shape index (κ2) is 3.34. The highest BCUT2D eigenvalue weighted by Gasteiger charge is 2.18. The minimum absolute atomic E-state index is 0.0486. The number of rotatable bonds is 2. The van der Waals surface area contributed by atoms with E-state index in [0.29, 0.717) is 11.4 Å². The summed E-state index contributed by atoms with van der Waals surface area (Å²) in [6.45, 7) is 1.87. The van der Waals surface area contributed by atoms with Crippen molar-refractivity contribution in [3.8, 4) is 0 Å². The van der Waals surface area contributed by atoms with Gasteiger partial charge in [-0.3, -0.25) is 9.48 Å². The van der Waals surface area contributed by atoms with Gasteiger partial charge < -0.3 is 4.57 Å². The molecule has 5 heteroatoms. The summed E-state index contributed by atoms with van der Waals surface area (Å²) in [5, 5.41) is 4.04. The maximum absolute atomic E-state index is 12.1. The van der Waals surface area contributed by atoms with Gasteiger partial charge >= 0.3 is 0 Å². The first-order chi connectivity index (χ1) is 7.11. The van der Waals surface area contributed by atoms with Crippen molar-refractivity contribution < 1.29 is 4.79 Å². The second-order valence-electron chi connectivity index (χ2n) is 3.52. The molecule has 0 aromatic carbocycles. The maximum atomic E-state index is 12.1. The first-order valence-electron chi connectivity index (χ1n) is 4.61. The molecule has 0 atom stereocenters. The molecule has 2 aromatic heterocycles. The SMILES string of the molecule is Cc1cnn(C)c1C(=O)c1cncn1C. The van der Waals surface area contributed by atoms with Gasteiger partial charge in [0.25, 0.3) is 0 Å². The van der Waals surface area contributed by atoms with Crippen LogP contribution in [0, 0.1) is 6.92 Å². The molecular weight excluding hydrogens is 192 g/mol. The Balaban J connectivity index is 2.50. The van der Waals surface area contributed by atoms with Crippen molar-refractivity contribution in [3.05, 3.63) is 35.7 Å². The third-order valence-corrected chi connectivity index (χ3v) is 2.39. The summed E-state index contributed by atoms with van der Waals surface area (Å²) in [6.07, 6.45) is 4.86. The molecule has 2 heterocycles. The molecule has 0 radical (unpaired) electrons. The van der Waals surface area contributed by atoms with Gasteiger partial charge in [-0.25, -0.2) is 4.98 Å². The van der Waals surface area contributed by atoms with Gasteiger partial charge in [0.1, 0.15) is 11.4 Å². The molecule has 0 amide bonds. The number of hydrogen-bond donors (Lipinski definition) is 0. The van der Waals surface area contributed by atoms with Gasteiger partial charge in [-0.15, -0.1) is 0 Å². The third kappa shape index (κ3) is 1.45. The van der Waals surface area contributed by atoms with Gasteiger partial charge in [0.15, 0.2) is 0 Å². The lowest BCUT2D eigenvalue weighted by Crippen LogP contribution is -2.12. The van der Waals surface area contributed by atoms with Crippen molar-refractivity contribution in [2.75, 3.05) is 0 Å². The van der Waals surface area contributed by atoms with Gasteiger partial charge in [-0.05, 0) is 12.5 Å². The zero-order chi connectivity index (χ0) is 11.0. The van der Waals surface area contributed by atoms with Crippen molar-refractivity contribution in [1.82, 2.24) is 19.3 Å². The first kappa shape index (κ1) is 9.64. The predicted molar refractivity (Wildman–Crippen MR) is 54.6 cm³/mol. The molecule has 2 rings (SSSR count). The van der Waals surface area contributed by atoms with E-state index in [9.17, 15) is 4.79 Å². The molecule has 0 aliphatic rings. The normalized spacial score (nSPS) is 10.6. The lowest BCUT2D eigenvalue weighted by Gasteiger charge is -2.03. The monoisotopic (exact) mass is 204 g/mol. The Morgan fingerprint density at radius 2 is 2.07 bits per heavy atom. The van der Waals surface area contributed by atoms with Gasteiger partial charge in [0, 0.05) is 14.1 Å². The largest absolute Gasteiger partial charge is 0.331 e. The summed E-state index contributed by atoms with van der Waals surface area (Å²) in [5.41, 5.74) is 2.06. The summed E-state index contributed by atoms with van der Waals surface area (Å²) in [6, 6.07) is 0. The number of aromatic nitrogens is 4. The molecule has 0 aliphatic carbocycles. The van der Waals surface area contributed by atoms with Crippen molar-refractivity contribution in [2.24, 2.45) is 14.1 Å². The standard InChI is InChI=1S/C10H12N4O/c1-7-4-12-14(3)9(7)10(15)8-5-11-6-13(8)2/h4-6H,1-3H3. The lowest BCUT2D eigenvalue weighted by molar-refractivity contribution is 0.102. The Morgan fingerprint density at radius 1 is 1.33 bits per heavy atom. The number of carbonyl (C=O) groups excluding carboxylic acids is 1. The van der Waals surface area contributed by atoms with Crippen LogP contribution in [0.15, 0.2) is 18.7 Å². The molecule has 0 spiro atoms. The summed E-state index contributed by atoms with van der Waals surface area (Å²) < 4.78 is 3.29. The zero-order valence-corrected chi connectivity index (χ0v) is 8.93. The highest BCUT2D eigenvalue weighted by Crippen LogP contribution is 2.11. The molecule has 0 aliphatic heterocycles. The fourth-order valence-corrected chi connectivity index (χ4v) is 1.57. The third-order valence-electron chi connectivity index (χ3n) is 2.39. The highest BCUT2D eigenvalue weighted by atomic mass is 16.1. The summed E-state index contributed by atoms with van der Waals surface area (Å²) in [7, 11) is 3.56. The lowest BCUT2D eigenvalue weighted by atomic mass is 10.1. The van der Waals surface area contributed by atoms with Gasteiger partial charge in [-0.1, -0.05) is 0 Å². The number of aryl methyl sites for hydroxylation is 3. The van der Waals surface area contributed by atoms with Gasteiger partial charge in [0.2, 0.25) is 5.78 Å². The average molecular weight is 204 g/mol. The van der Waals surface area contributed by atoms with E-state index >= 15 is 0 Å². The van der Waals surface area contributed by atoms with E-state index in [4.69, 9.17) is 0 Å². The molecule has 15 heavy (non-hydrogen) atoms. The van der Waals surface area contributed by atoms with E-state index in [1.807, 2.05) is 6.92 Å². The Labute approximate surface area is 87.4 Å². The molecular formula is C10H12N4O. The van der Waals surface area contributed by atoms with Crippen LogP contribution in [0.25, 0.3) is 0 Å². The predicted octanol–water partition coefficient (Wildman–Crippen LogP) is 0.693. The summed E-state index contributed by atoms with van der Waals surface area (Å²) in [5.74, 6) is -0.0486. The van der Waals surface area contributed by atoms with Crippen molar-refractivity contribution in [1.29, 1.82) is 0 Å². The summed E-state index contributed by atoms with van der Waals surface area (Å²) >= 11 is 0. The van der Waals surface area contributed by atoms with Crippen molar-refractivity contribution in [2.45, 2.75) is 6.92 Å². The Morgan fingerprint density at radius 3 is 2.53 bits per heavy atom. The molecule has 0 unspecified atom stereocenters. The van der Waals surface area contributed by atoms with Crippen LogP contribution in [0.3, 0.4) is 0 Å². The van der Waals surface area contributed by atoms with Crippen LogP contribution < -0.4 is 0 Å². The van der Waals surface area contributed by atoms with E-state index < -0.39 is 0 Å². The number of carbonyl (C=O) groups is 1. The average Bonchev–Trinajstić information content (AvgIpc) is 2.73. The van der Waals surface area contributed by atoms with E-state index in [0.717, 1.165) is 5.56 Å². The number of nitrogens with zero attached hydrogens (tertiary/aromatic N) is 4. The molecule has 0 saturated heterocycles. The fraction of sp³-hybridized carbons (Fsp3) is 0.300. The Hall–Kier alpha value is -1.91. The molecule has 2 aromatic rings. The topological polar surface area (TPSA) is 52.7 Å². The van der Waals surface area contributed by atoms with Gasteiger partial charge in [-0.2, -0.15) is 5.10 Å². The van der Waals surface area contributed by atoms with Crippen LogP contribution in [0.2, 0.25) is 0 Å². The fourth-order valence-electron chi connectivity index (χ4n) is 1.57. The molecule has 0 N–H and O–H groups in total. The van der Waals surface area contributed by atoms with E-state index in [2.05, 4.69) is 10.1 Å². The zero-order valence-electron chi connectivity index (χ0n) is 8.93. The van der Waals surface area contributed by atoms with Crippen LogP contribution in [0.5, 0.6) is 0 Å². The molecule has 0 fully saturated rings. The number of hydrogen-bond acceptors (Lipinski definition) is 3. The van der Waals surface area contributed by atoms with Crippen LogP contribution >= 0.6 is 0 Å². The Bertz CT molecular complexity index is 490. The van der Waals surface area contributed by atoms with E-state index in [1.54, 1.807) is 42.1 Å². The minimum Gasteiger partial charge on any atom is -0.331 e. The van der Waals surface area contributed by atoms with Crippen LogP contribution in [-0.2, 0) is 14.1 Å². The smallest absolute Gasteiger partial charge is 0.229 e. The molecule has 5 nitrogen and oxygen atoms in total. The minimum atomic E-state index is -0.0486. The van der Waals surface area contributed by atoms with Crippen LogP contribution in [0.1, 0.15) is 21.7 Å². The first-order valence-corrected chi connectivity index (χ1v) is 4.61. The Kier molecular flexibility index (Phi) is 2.15. The van der Waals surface area contributed by atoms with Crippen molar-refractivity contribution in [3.63, 3.8) is 0 Å². The maximum Gasteiger partial charge on any atom is 0.229 e. The highest BCUT2D eigenvalue weighted by molar-refractivity contribution is 6.07. The van der Waals surface area contributed by atoms with Crippen LogP contribution in [-0.4, -0.2) is 25.1 Å². The molecule has 0 bridgehead atoms.